The van der Waals surface area contributed by atoms with E-state index in [-0.39, 0.29) is 17.4 Å². The lowest BCUT2D eigenvalue weighted by atomic mass is 9.57. The Bertz CT molecular complexity index is 905. The van der Waals surface area contributed by atoms with Crippen molar-refractivity contribution in [1.29, 1.82) is 0 Å². The van der Waals surface area contributed by atoms with E-state index in [1.807, 2.05) is 0 Å². The predicted octanol–water partition coefficient (Wildman–Crippen LogP) is -0.176. The summed E-state index contributed by atoms with van der Waals surface area (Å²) in [5.41, 5.74) is 3.72. The van der Waals surface area contributed by atoms with Gasteiger partial charge in [-0.2, -0.15) is 4.57 Å². The molecule has 2 bridgehead atoms. The maximum atomic E-state index is 8.49. The molecule has 3 aliphatic rings. The standard InChI is InChI=1S/C21H25BrNO2.ClHO4/c1-5-24-21(25-6-2)18-16-12-7-8-13-23(16)19(20(21,3)4)14-10-9-11-15(22)17(14)18;2-1(3,4)5/h7-13,18-19H,5-6H2,1-4H3;(H,2,3,4,5)/q+1;/p-1/t18-,19+;/m1./s1. The van der Waals surface area contributed by atoms with Gasteiger partial charge in [0.2, 0.25) is 0 Å². The zero-order valence-corrected chi connectivity index (χ0v) is 19.6. The molecule has 0 radical (unpaired) electrons. The van der Waals surface area contributed by atoms with E-state index < -0.39 is 16.0 Å². The third-order valence-electron chi connectivity index (χ3n) is 5.85. The minimum absolute atomic E-state index is 0.0270. The molecule has 3 heterocycles. The van der Waals surface area contributed by atoms with Gasteiger partial charge in [0.05, 0.1) is 5.41 Å². The molecule has 0 spiro atoms. The summed E-state index contributed by atoms with van der Waals surface area (Å²) in [7, 11) is -4.94. The van der Waals surface area contributed by atoms with Crippen molar-refractivity contribution in [3.63, 3.8) is 0 Å². The number of fused-ring (bicyclic) bond motifs is 1. The van der Waals surface area contributed by atoms with Crippen molar-refractivity contribution < 1.29 is 42.9 Å². The Morgan fingerprint density at radius 1 is 1.00 bits per heavy atom. The van der Waals surface area contributed by atoms with Gasteiger partial charge in [0.25, 0.3) is 0 Å². The first-order chi connectivity index (χ1) is 14.0. The highest BCUT2D eigenvalue weighted by Gasteiger charge is 2.70. The first-order valence-corrected chi connectivity index (χ1v) is 11.7. The van der Waals surface area contributed by atoms with Crippen LogP contribution in [0.3, 0.4) is 0 Å². The van der Waals surface area contributed by atoms with Gasteiger partial charge in [-0.25, -0.2) is 18.6 Å². The molecule has 9 heteroatoms. The van der Waals surface area contributed by atoms with Gasteiger partial charge in [-0.1, -0.05) is 34.1 Å². The molecule has 0 saturated carbocycles. The molecule has 0 saturated heterocycles. The molecule has 2 atom stereocenters. The van der Waals surface area contributed by atoms with E-state index in [0.29, 0.717) is 13.2 Å². The number of pyridine rings is 1. The third kappa shape index (κ3) is 3.80. The minimum Gasteiger partial charge on any atom is -0.348 e. The molecule has 0 fully saturated rings. The second-order valence-corrected chi connectivity index (χ2v) is 9.35. The smallest absolute Gasteiger partial charge is 0.196 e. The number of benzene rings is 1. The summed E-state index contributed by atoms with van der Waals surface area (Å²) in [6.45, 7) is 9.92. The molecule has 1 aromatic heterocycles. The number of rotatable bonds is 4. The summed E-state index contributed by atoms with van der Waals surface area (Å²) < 4.78 is 50.5. The lowest BCUT2D eigenvalue weighted by Crippen LogP contribution is -2.71. The Kier molecular flexibility index (Phi) is 6.63. The van der Waals surface area contributed by atoms with E-state index in [1.54, 1.807) is 0 Å². The van der Waals surface area contributed by atoms with E-state index in [2.05, 4.69) is 90.8 Å². The Labute approximate surface area is 186 Å². The van der Waals surface area contributed by atoms with Crippen LogP contribution >= 0.6 is 15.9 Å². The maximum Gasteiger partial charge on any atom is 0.196 e. The van der Waals surface area contributed by atoms with Crippen LogP contribution in [0.1, 0.15) is 56.5 Å². The predicted molar refractivity (Wildman–Crippen MR) is 101 cm³/mol. The molecular weight excluding hydrogens is 478 g/mol. The first kappa shape index (κ1) is 23.6. The van der Waals surface area contributed by atoms with Gasteiger partial charge in [0.15, 0.2) is 23.7 Å². The van der Waals surface area contributed by atoms with Crippen molar-refractivity contribution in [3.05, 3.63) is 63.9 Å². The SMILES string of the molecule is CCOC1(OCC)[C@H]2c3c(Br)cccc3[C@H]([n+]3ccccc32)C1(C)C.[O-][Cl+3]([O-])([O-])[O-]. The van der Waals surface area contributed by atoms with E-state index in [1.165, 1.54) is 16.8 Å². The van der Waals surface area contributed by atoms with Crippen LogP contribution in [0, 0.1) is 15.7 Å². The van der Waals surface area contributed by atoms with Crippen LogP contribution in [-0.4, -0.2) is 19.0 Å². The molecule has 30 heavy (non-hydrogen) atoms. The summed E-state index contributed by atoms with van der Waals surface area (Å²) in [6, 6.07) is 13.1. The van der Waals surface area contributed by atoms with Crippen molar-refractivity contribution in [1.82, 2.24) is 0 Å². The number of hydrogen-bond donors (Lipinski definition) is 0. The van der Waals surface area contributed by atoms with Gasteiger partial charge in [-0.05, 0) is 39.3 Å². The van der Waals surface area contributed by atoms with Gasteiger partial charge in [0.1, 0.15) is 5.92 Å². The Balaban J connectivity index is 0.000000461. The van der Waals surface area contributed by atoms with Gasteiger partial charge in [-0.3, -0.25) is 0 Å². The van der Waals surface area contributed by atoms with Crippen molar-refractivity contribution in [2.45, 2.75) is 45.4 Å². The van der Waals surface area contributed by atoms with Crippen molar-refractivity contribution in [2.75, 3.05) is 13.2 Å². The first-order valence-electron chi connectivity index (χ1n) is 9.67. The monoisotopic (exact) mass is 501 g/mol. The van der Waals surface area contributed by atoms with Crippen molar-refractivity contribution >= 4 is 15.9 Å². The molecular formula is C21H25BrClNO6. The number of nitrogens with zero attached hydrogens (tertiary/aromatic N) is 1. The minimum atomic E-state index is -4.94. The average molecular weight is 503 g/mol. The van der Waals surface area contributed by atoms with Crippen LogP contribution in [0.25, 0.3) is 0 Å². The quantitative estimate of drug-likeness (QED) is 0.423. The topological polar surface area (TPSA) is 115 Å². The second kappa shape index (κ2) is 8.44. The molecule has 0 unspecified atom stereocenters. The van der Waals surface area contributed by atoms with E-state index in [9.17, 15) is 0 Å². The maximum absolute atomic E-state index is 8.49. The second-order valence-electron chi connectivity index (χ2n) is 7.74. The van der Waals surface area contributed by atoms with Crippen LogP contribution in [0.4, 0.5) is 0 Å². The molecule has 2 aliphatic heterocycles. The number of ether oxygens (including phenoxy) is 2. The van der Waals surface area contributed by atoms with E-state index >= 15 is 0 Å². The fourth-order valence-corrected chi connectivity index (χ4v) is 5.65. The molecule has 2 aromatic rings. The molecule has 0 amide bonds. The molecule has 1 aliphatic carbocycles. The molecule has 7 nitrogen and oxygen atoms in total. The number of aromatic nitrogens is 1. The molecule has 5 rings (SSSR count). The Morgan fingerprint density at radius 3 is 2.17 bits per heavy atom. The van der Waals surface area contributed by atoms with Gasteiger partial charge in [-0.15, -0.1) is 10.2 Å². The van der Waals surface area contributed by atoms with Gasteiger partial charge in [0, 0.05) is 35.4 Å². The number of halogens is 2. The third-order valence-corrected chi connectivity index (χ3v) is 6.54. The highest BCUT2D eigenvalue weighted by molar-refractivity contribution is 9.10. The van der Waals surface area contributed by atoms with Gasteiger partial charge < -0.3 is 9.47 Å². The average Bonchev–Trinajstić information content (AvgIpc) is 2.63. The van der Waals surface area contributed by atoms with Crippen LogP contribution in [0.5, 0.6) is 0 Å². The zero-order valence-electron chi connectivity index (χ0n) is 17.3. The highest BCUT2D eigenvalue weighted by Crippen LogP contribution is 2.62. The van der Waals surface area contributed by atoms with E-state index in [4.69, 9.17) is 28.1 Å². The lowest BCUT2D eigenvalue weighted by Gasteiger charge is -2.57. The summed E-state index contributed by atoms with van der Waals surface area (Å²) >= 11 is 3.81. The van der Waals surface area contributed by atoms with E-state index in [0.717, 1.165) is 4.47 Å². The van der Waals surface area contributed by atoms with Gasteiger partial charge >= 0.3 is 0 Å². The number of hydrogen-bond acceptors (Lipinski definition) is 6. The fraction of sp³-hybridized carbons (Fsp3) is 0.476. The molecule has 164 valence electrons. The Hall–Kier alpha value is -1.10. The van der Waals surface area contributed by atoms with Crippen molar-refractivity contribution in [3.8, 4) is 0 Å². The Morgan fingerprint density at radius 2 is 1.60 bits per heavy atom. The fourth-order valence-electron chi connectivity index (χ4n) is 5.04. The highest BCUT2D eigenvalue weighted by atomic mass is 79.9. The summed E-state index contributed by atoms with van der Waals surface area (Å²) in [5, 5.41) is 0. The van der Waals surface area contributed by atoms with Crippen LogP contribution in [0.2, 0.25) is 0 Å². The molecule has 1 aromatic carbocycles. The largest absolute Gasteiger partial charge is 0.348 e. The lowest BCUT2D eigenvalue weighted by molar-refractivity contribution is -2.00. The summed E-state index contributed by atoms with van der Waals surface area (Å²) in [6.07, 6.45) is 2.19. The summed E-state index contributed by atoms with van der Waals surface area (Å²) in [5.74, 6) is -0.654. The zero-order chi connectivity index (χ0) is 22.3. The van der Waals surface area contributed by atoms with Crippen LogP contribution < -0.4 is 23.2 Å². The van der Waals surface area contributed by atoms with Crippen LogP contribution in [0.15, 0.2) is 47.1 Å². The van der Waals surface area contributed by atoms with Crippen molar-refractivity contribution in [2.24, 2.45) is 5.41 Å². The molecule has 0 N–H and O–H groups in total. The van der Waals surface area contributed by atoms with Crippen LogP contribution in [-0.2, 0) is 9.47 Å². The normalized spacial score (nSPS) is 22.6. The summed E-state index contributed by atoms with van der Waals surface area (Å²) in [4.78, 5) is 0.